The predicted molar refractivity (Wildman–Crippen MR) is 127 cm³/mol. The molecule has 1 unspecified atom stereocenters. The molecular weight excluding hydrogens is 430 g/mol. The number of nitrogens with zero attached hydrogens (tertiary/aromatic N) is 1. The summed E-state index contributed by atoms with van der Waals surface area (Å²) in [6.07, 6.45) is 6.28. The molecule has 34 heavy (non-hydrogen) atoms. The van der Waals surface area contributed by atoms with Crippen molar-refractivity contribution in [3.05, 3.63) is 65.2 Å². The lowest BCUT2D eigenvalue weighted by Crippen LogP contribution is -2.52. The van der Waals surface area contributed by atoms with E-state index in [1.54, 1.807) is 4.90 Å². The molecule has 2 aromatic rings. The quantitative estimate of drug-likeness (QED) is 0.509. The monoisotopic (exact) mass is 461 g/mol. The molecule has 2 fully saturated rings. The number of hydrogen-bond acceptors (Lipinski definition) is 5. The zero-order valence-electron chi connectivity index (χ0n) is 19.3. The van der Waals surface area contributed by atoms with Crippen LogP contribution in [0.2, 0.25) is 0 Å². The van der Waals surface area contributed by atoms with Crippen LogP contribution in [-0.2, 0) is 22.7 Å². The van der Waals surface area contributed by atoms with Crippen molar-refractivity contribution in [1.82, 2.24) is 15.5 Å². The topological polar surface area (TPSA) is 87.7 Å². The Labute approximate surface area is 199 Å². The van der Waals surface area contributed by atoms with Gasteiger partial charge in [0.25, 0.3) is 5.91 Å². The number of imide groups is 1. The van der Waals surface area contributed by atoms with Gasteiger partial charge >= 0.3 is 0 Å². The molecule has 7 heteroatoms. The molecule has 2 aromatic carbocycles. The van der Waals surface area contributed by atoms with Crippen LogP contribution in [0.1, 0.15) is 66.4 Å². The molecule has 3 amide bonds. The van der Waals surface area contributed by atoms with Crippen LogP contribution in [0.15, 0.2) is 48.5 Å². The summed E-state index contributed by atoms with van der Waals surface area (Å²) in [5, 5.41) is 6.06. The number of nitrogens with one attached hydrogen (secondary N) is 2. The van der Waals surface area contributed by atoms with E-state index >= 15 is 0 Å². The van der Waals surface area contributed by atoms with Gasteiger partial charge in [-0.05, 0) is 55.0 Å². The standard InChI is InChI=1S/C27H31N3O4/c31-25-14-13-23(26(32)29-25)30-17-19-15-20(11-12-21(19)27(30)33)34-24-10-6-2-5-9-22(24)28-16-18-7-3-1-4-8-18/h1,3-4,7-8,11-12,15,22-24,28H,2,5-6,9-10,13-14,16-17H2,(H,29,31,32)/t22-,23?,24-/m0/s1. The molecule has 3 atom stereocenters. The van der Waals surface area contributed by atoms with Crippen LogP contribution >= 0.6 is 0 Å². The first kappa shape index (κ1) is 22.6. The van der Waals surface area contributed by atoms with Crippen LogP contribution in [-0.4, -0.2) is 40.8 Å². The smallest absolute Gasteiger partial charge is 0.255 e. The lowest BCUT2D eigenvalue weighted by molar-refractivity contribution is -0.136. The number of fused-ring (bicyclic) bond motifs is 1. The Morgan fingerprint density at radius 2 is 1.79 bits per heavy atom. The van der Waals surface area contributed by atoms with Crippen molar-refractivity contribution in [2.24, 2.45) is 0 Å². The third kappa shape index (κ3) is 4.85. The van der Waals surface area contributed by atoms with Gasteiger partial charge in [0.2, 0.25) is 11.8 Å². The number of carbonyl (C=O) groups is 3. The van der Waals surface area contributed by atoms with Crippen LogP contribution in [0.3, 0.4) is 0 Å². The first-order valence-corrected chi connectivity index (χ1v) is 12.3. The van der Waals surface area contributed by atoms with Gasteiger partial charge in [-0.25, -0.2) is 0 Å². The summed E-state index contributed by atoms with van der Waals surface area (Å²) >= 11 is 0. The third-order valence-corrected chi connectivity index (χ3v) is 7.15. The Hall–Kier alpha value is -3.19. The summed E-state index contributed by atoms with van der Waals surface area (Å²) in [5.41, 5.74) is 2.74. The van der Waals surface area contributed by atoms with Gasteiger partial charge in [0.05, 0.1) is 0 Å². The molecule has 7 nitrogen and oxygen atoms in total. The largest absolute Gasteiger partial charge is 0.489 e. The average Bonchev–Trinajstić information content (AvgIpc) is 3.00. The Morgan fingerprint density at radius 1 is 0.971 bits per heavy atom. The van der Waals surface area contributed by atoms with Gasteiger partial charge in [0.15, 0.2) is 0 Å². The van der Waals surface area contributed by atoms with Crippen molar-refractivity contribution in [3.8, 4) is 5.75 Å². The van der Waals surface area contributed by atoms with E-state index in [2.05, 4.69) is 34.9 Å². The minimum Gasteiger partial charge on any atom is -0.489 e. The lowest BCUT2D eigenvalue weighted by Gasteiger charge is -2.29. The predicted octanol–water partition coefficient (Wildman–Crippen LogP) is 3.32. The van der Waals surface area contributed by atoms with Crippen LogP contribution in [0.25, 0.3) is 0 Å². The molecule has 3 aliphatic rings. The first-order chi connectivity index (χ1) is 16.6. The van der Waals surface area contributed by atoms with Gasteiger partial charge in [-0.15, -0.1) is 0 Å². The van der Waals surface area contributed by atoms with E-state index < -0.39 is 6.04 Å². The maximum absolute atomic E-state index is 13.0. The fourth-order valence-electron chi connectivity index (χ4n) is 5.29. The van der Waals surface area contributed by atoms with Gasteiger partial charge in [-0.2, -0.15) is 0 Å². The maximum Gasteiger partial charge on any atom is 0.255 e. The molecule has 0 bridgehead atoms. The SMILES string of the molecule is O=C1CCC(N2Cc3cc(O[C@H]4CCCCC[C@@H]4NCc4ccccc4)ccc3C2=O)C(=O)N1. The molecule has 0 radical (unpaired) electrons. The number of amides is 3. The highest BCUT2D eigenvalue weighted by molar-refractivity contribution is 6.05. The molecule has 2 heterocycles. The summed E-state index contributed by atoms with van der Waals surface area (Å²) in [4.78, 5) is 38.3. The number of rotatable bonds is 6. The highest BCUT2D eigenvalue weighted by atomic mass is 16.5. The molecule has 1 saturated carbocycles. The van der Waals surface area contributed by atoms with Crippen LogP contribution < -0.4 is 15.4 Å². The van der Waals surface area contributed by atoms with E-state index in [1.165, 1.54) is 18.4 Å². The maximum atomic E-state index is 13.0. The first-order valence-electron chi connectivity index (χ1n) is 12.3. The summed E-state index contributed by atoms with van der Waals surface area (Å²) < 4.78 is 6.50. The number of piperidine rings is 1. The van der Waals surface area contributed by atoms with E-state index in [0.29, 0.717) is 18.5 Å². The average molecular weight is 462 g/mol. The van der Waals surface area contributed by atoms with Crippen LogP contribution in [0, 0.1) is 0 Å². The number of carbonyl (C=O) groups excluding carboxylic acids is 3. The minimum atomic E-state index is -0.601. The Bertz CT molecular complexity index is 1070. The van der Waals surface area contributed by atoms with Crippen molar-refractivity contribution in [2.75, 3.05) is 0 Å². The van der Waals surface area contributed by atoms with E-state index in [1.807, 2.05) is 24.3 Å². The molecule has 2 N–H and O–H groups in total. The molecule has 0 spiro atoms. The second-order valence-corrected chi connectivity index (χ2v) is 9.49. The van der Waals surface area contributed by atoms with Crippen molar-refractivity contribution < 1.29 is 19.1 Å². The summed E-state index contributed by atoms with van der Waals surface area (Å²) in [7, 11) is 0. The van der Waals surface area contributed by atoms with Crippen LogP contribution in [0.5, 0.6) is 5.75 Å². The summed E-state index contributed by atoms with van der Waals surface area (Å²) in [6, 6.07) is 15.7. The summed E-state index contributed by atoms with van der Waals surface area (Å²) in [5.74, 6) is -0.0670. The van der Waals surface area contributed by atoms with Crippen molar-refractivity contribution in [2.45, 2.75) is 76.2 Å². The molecule has 1 aliphatic carbocycles. The molecule has 5 rings (SSSR count). The Morgan fingerprint density at radius 3 is 2.62 bits per heavy atom. The Kier molecular flexibility index (Phi) is 6.63. The molecule has 0 aromatic heterocycles. The highest BCUT2D eigenvalue weighted by Gasteiger charge is 2.39. The third-order valence-electron chi connectivity index (χ3n) is 7.15. The second-order valence-electron chi connectivity index (χ2n) is 9.49. The lowest BCUT2D eigenvalue weighted by atomic mass is 10.0. The van der Waals surface area contributed by atoms with E-state index in [0.717, 1.165) is 37.1 Å². The molecular formula is C27H31N3O4. The van der Waals surface area contributed by atoms with Gasteiger partial charge in [0, 0.05) is 31.1 Å². The normalized spacial score (nSPS) is 25.0. The van der Waals surface area contributed by atoms with E-state index in [4.69, 9.17) is 4.74 Å². The Balaban J connectivity index is 1.27. The van der Waals surface area contributed by atoms with E-state index in [9.17, 15) is 14.4 Å². The number of hydrogen-bond donors (Lipinski definition) is 2. The zero-order valence-corrected chi connectivity index (χ0v) is 19.3. The second kappa shape index (κ2) is 9.97. The van der Waals surface area contributed by atoms with Gasteiger partial charge < -0.3 is 15.0 Å². The van der Waals surface area contributed by atoms with Crippen molar-refractivity contribution >= 4 is 17.7 Å². The van der Waals surface area contributed by atoms with Gasteiger partial charge in [-0.3, -0.25) is 19.7 Å². The molecule has 2 aliphatic heterocycles. The number of ether oxygens (including phenoxy) is 1. The van der Waals surface area contributed by atoms with E-state index in [-0.39, 0.29) is 36.3 Å². The fraction of sp³-hybridized carbons (Fsp3) is 0.444. The fourth-order valence-corrected chi connectivity index (χ4v) is 5.29. The highest BCUT2D eigenvalue weighted by Crippen LogP contribution is 2.31. The molecule has 178 valence electrons. The summed E-state index contributed by atoms with van der Waals surface area (Å²) in [6.45, 7) is 1.17. The van der Waals surface area contributed by atoms with Gasteiger partial charge in [0.1, 0.15) is 17.9 Å². The zero-order chi connectivity index (χ0) is 23.5. The van der Waals surface area contributed by atoms with Crippen molar-refractivity contribution in [3.63, 3.8) is 0 Å². The van der Waals surface area contributed by atoms with Gasteiger partial charge in [-0.1, -0.05) is 43.2 Å². The minimum absolute atomic E-state index is 0.0626. The van der Waals surface area contributed by atoms with Crippen molar-refractivity contribution in [1.29, 1.82) is 0 Å². The molecule has 1 saturated heterocycles. The van der Waals surface area contributed by atoms with Crippen LogP contribution in [0.4, 0.5) is 0 Å². The number of benzene rings is 2.